The number of nitrogens with one attached hydrogen (secondary N) is 1. The van der Waals surface area contributed by atoms with Crippen molar-refractivity contribution in [1.82, 2.24) is 0 Å². The van der Waals surface area contributed by atoms with Crippen LogP contribution in [0, 0.1) is 0 Å². The van der Waals surface area contributed by atoms with Crippen molar-refractivity contribution in [3.8, 4) is 0 Å². The molecular weight excluding hydrogens is 246 g/mol. The Labute approximate surface area is 119 Å². The molecule has 0 saturated carbocycles. The lowest BCUT2D eigenvalue weighted by Crippen LogP contribution is -2.30. The highest BCUT2D eigenvalue weighted by molar-refractivity contribution is 6.74. The highest BCUT2D eigenvalue weighted by atomic mass is 28.3. The SMILES string of the molecule is C=C/C(C)=C(\C=C)Nc1ccccc1[Si](CC)CC. The lowest BCUT2D eigenvalue weighted by atomic mass is 10.2. The van der Waals surface area contributed by atoms with Crippen molar-refractivity contribution in [2.75, 3.05) is 5.32 Å². The predicted octanol–water partition coefficient (Wildman–Crippen LogP) is 4.49. The molecule has 1 nitrogen and oxygen atoms in total. The summed E-state index contributed by atoms with van der Waals surface area (Å²) in [7, 11) is -0.461. The van der Waals surface area contributed by atoms with E-state index < -0.39 is 8.80 Å². The fraction of sp³-hybridized carbons (Fsp3) is 0.294. The summed E-state index contributed by atoms with van der Waals surface area (Å²) in [6.07, 6.45) is 3.72. The molecule has 0 amide bonds. The van der Waals surface area contributed by atoms with E-state index in [2.05, 4.69) is 56.6 Å². The third-order valence-electron chi connectivity index (χ3n) is 3.37. The summed E-state index contributed by atoms with van der Waals surface area (Å²) in [6.45, 7) is 14.3. The van der Waals surface area contributed by atoms with Crippen LogP contribution in [0.5, 0.6) is 0 Å². The normalized spacial score (nSPS) is 12.0. The molecule has 2 heteroatoms. The number of anilines is 1. The molecule has 0 heterocycles. The number of hydrogen-bond acceptors (Lipinski definition) is 1. The molecule has 0 aliphatic heterocycles. The number of benzene rings is 1. The number of rotatable bonds is 7. The molecule has 0 unspecified atom stereocenters. The largest absolute Gasteiger partial charge is 0.355 e. The number of allylic oxidation sites excluding steroid dienone is 3. The minimum absolute atomic E-state index is 0.461. The molecule has 101 valence electrons. The fourth-order valence-electron chi connectivity index (χ4n) is 2.10. The van der Waals surface area contributed by atoms with Crippen molar-refractivity contribution < 1.29 is 0 Å². The van der Waals surface area contributed by atoms with Gasteiger partial charge in [0.2, 0.25) is 0 Å². The van der Waals surface area contributed by atoms with Crippen LogP contribution in [0.4, 0.5) is 5.69 Å². The molecule has 1 aromatic carbocycles. The topological polar surface area (TPSA) is 12.0 Å². The molecular formula is C17H24NSi. The highest BCUT2D eigenvalue weighted by Gasteiger charge is 2.13. The Balaban J connectivity index is 3.14. The Kier molecular flexibility index (Phi) is 6.37. The van der Waals surface area contributed by atoms with E-state index in [1.165, 1.54) is 23.0 Å². The van der Waals surface area contributed by atoms with E-state index in [9.17, 15) is 0 Å². The smallest absolute Gasteiger partial charge is 0.0878 e. The minimum Gasteiger partial charge on any atom is -0.355 e. The maximum absolute atomic E-state index is 3.88. The van der Waals surface area contributed by atoms with Gasteiger partial charge in [-0.2, -0.15) is 0 Å². The van der Waals surface area contributed by atoms with Crippen LogP contribution in [0.15, 0.2) is 60.8 Å². The second-order valence-corrected chi connectivity index (χ2v) is 7.65. The van der Waals surface area contributed by atoms with Crippen LogP contribution < -0.4 is 10.5 Å². The van der Waals surface area contributed by atoms with E-state index in [0.29, 0.717) is 0 Å². The Morgan fingerprint density at radius 2 is 1.79 bits per heavy atom. The van der Waals surface area contributed by atoms with E-state index in [1.54, 1.807) is 0 Å². The molecule has 0 fully saturated rings. The lowest BCUT2D eigenvalue weighted by molar-refractivity contribution is 1.32. The third kappa shape index (κ3) is 3.96. The third-order valence-corrected chi connectivity index (χ3v) is 6.27. The van der Waals surface area contributed by atoms with Crippen LogP contribution in [-0.4, -0.2) is 8.80 Å². The Bertz CT molecular complexity index is 470. The zero-order valence-electron chi connectivity index (χ0n) is 12.3. The van der Waals surface area contributed by atoms with Crippen molar-refractivity contribution in [1.29, 1.82) is 0 Å². The van der Waals surface area contributed by atoms with Gasteiger partial charge in [0.1, 0.15) is 0 Å². The van der Waals surface area contributed by atoms with Gasteiger partial charge in [-0.3, -0.25) is 0 Å². The number of para-hydroxylation sites is 1. The van der Waals surface area contributed by atoms with Crippen LogP contribution >= 0.6 is 0 Å². The first kappa shape index (κ1) is 15.5. The van der Waals surface area contributed by atoms with Crippen LogP contribution in [0.3, 0.4) is 0 Å². The van der Waals surface area contributed by atoms with Gasteiger partial charge in [-0.1, -0.05) is 63.4 Å². The van der Waals surface area contributed by atoms with E-state index in [4.69, 9.17) is 0 Å². The van der Waals surface area contributed by atoms with Crippen molar-refractivity contribution >= 4 is 19.7 Å². The number of hydrogen-bond donors (Lipinski definition) is 1. The van der Waals surface area contributed by atoms with Crippen molar-refractivity contribution in [3.63, 3.8) is 0 Å². The van der Waals surface area contributed by atoms with Gasteiger partial charge in [-0.25, -0.2) is 0 Å². The Morgan fingerprint density at radius 3 is 2.32 bits per heavy atom. The molecule has 0 saturated heterocycles. The van der Waals surface area contributed by atoms with Gasteiger partial charge < -0.3 is 5.32 Å². The molecule has 19 heavy (non-hydrogen) atoms. The molecule has 0 bridgehead atoms. The summed E-state index contributed by atoms with van der Waals surface area (Å²) in [4.78, 5) is 0. The Morgan fingerprint density at radius 1 is 1.16 bits per heavy atom. The van der Waals surface area contributed by atoms with Gasteiger partial charge in [0, 0.05) is 11.4 Å². The van der Waals surface area contributed by atoms with Crippen molar-refractivity contribution in [3.05, 3.63) is 60.8 Å². The van der Waals surface area contributed by atoms with E-state index in [0.717, 1.165) is 11.3 Å². The van der Waals surface area contributed by atoms with E-state index >= 15 is 0 Å². The first-order valence-corrected chi connectivity index (χ1v) is 8.76. The van der Waals surface area contributed by atoms with Crippen LogP contribution in [-0.2, 0) is 0 Å². The molecule has 0 aromatic heterocycles. The van der Waals surface area contributed by atoms with Gasteiger partial charge in [0.05, 0.1) is 8.80 Å². The van der Waals surface area contributed by atoms with Crippen molar-refractivity contribution in [2.45, 2.75) is 32.9 Å². The molecule has 0 aliphatic carbocycles. The zero-order chi connectivity index (χ0) is 14.3. The Hall–Kier alpha value is -1.54. The predicted molar refractivity (Wildman–Crippen MR) is 89.5 cm³/mol. The molecule has 1 N–H and O–H groups in total. The van der Waals surface area contributed by atoms with Gasteiger partial charge >= 0.3 is 0 Å². The minimum atomic E-state index is -0.461. The maximum atomic E-state index is 3.88. The molecule has 0 aliphatic rings. The second kappa shape index (κ2) is 7.80. The highest BCUT2D eigenvalue weighted by Crippen LogP contribution is 2.15. The van der Waals surface area contributed by atoms with Gasteiger partial charge in [0.15, 0.2) is 0 Å². The van der Waals surface area contributed by atoms with Gasteiger partial charge in [-0.15, -0.1) is 0 Å². The summed E-state index contributed by atoms with van der Waals surface area (Å²) in [5.74, 6) is 0. The van der Waals surface area contributed by atoms with Crippen molar-refractivity contribution in [2.24, 2.45) is 0 Å². The first-order valence-electron chi connectivity index (χ1n) is 6.84. The molecule has 0 atom stereocenters. The fourth-order valence-corrected chi connectivity index (χ4v) is 4.22. The van der Waals surface area contributed by atoms with E-state index in [-0.39, 0.29) is 0 Å². The average Bonchev–Trinajstić information content (AvgIpc) is 2.46. The summed E-state index contributed by atoms with van der Waals surface area (Å²) >= 11 is 0. The maximum Gasteiger partial charge on any atom is 0.0878 e. The monoisotopic (exact) mass is 270 g/mol. The second-order valence-electron chi connectivity index (χ2n) is 4.49. The molecule has 1 aromatic rings. The summed E-state index contributed by atoms with van der Waals surface area (Å²) in [5.41, 5.74) is 3.37. The van der Waals surface area contributed by atoms with Crippen LogP contribution in [0.25, 0.3) is 0 Å². The zero-order valence-corrected chi connectivity index (χ0v) is 13.3. The standard InChI is InChI=1S/C17H24NSi/c1-6-14(5)15(7-2)18-16-12-10-11-13-17(16)19(8-3)9-4/h6-7,10-13,18H,1-2,8-9H2,3-5H3/b15-14+. The summed E-state index contributed by atoms with van der Waals surface area (Å²) in [5, 5.41) is 4.99. The summed E-state index contributed by atoms with van der Waals surface area (Å²) < 4.78 is 0. The average molecular weight is 270 g/mol. The van der Waals surface area contributed by atoms with Crippen LogP contribution in [0.1, 0.15) is 20.8 Å². The van der Waals surface area contributed by atoms with Crippen LogP contribution in [0.2, 0.25) is 12.1 Å². The quantitative estimate of drug-likeness (QED) is 0.569. The lowest BCUT2D eigenvalue weighted by Gasteiger charge is -2.18. The van der Waals surface area contributed by atoms with Gasteiger partial charge in [0.25, 0.3) is 0 Å². The molecule has 1 radical (unpaired) electrons. The first-order chi connectivity index (χ1) is 9.17. The van der Waals surface area contributed by atoms with Gasteiger partial charge in [-0.05, 0) is 29.8 Å². The summed E-state index contributed by atoms with van der Waals surface area (Å²) in [6, 6.07) is 11.1. The van der Waals surface area contributed by atoms with E-state index in [1.807, 2.05) is 19.1 Å². The molecule has 0 spiro atoms. The molecule has 1 rings (SSSR count).